The zero-order valence-corrected chi connectivity index (χ0v) is 25.5. The predicted molar refractivity (Wildman–Crippen MR) is 165 cm³/mol. The number of carboxylic acid groups (broad SMARTS) is 1. The van der Waals surface area contributed by atoms with Crippen molar-refractivity contribution < 1.29 is 24.3 Å². The molecular weight excluding hydrogens is 580 g/mol. The second-order valence-electron chi connectivity index (χ2n) is 10.6. The third kappa shape index (κ3) is 6.53. The van der Waals surface area contributed by atoms with Gasteiger partial charge in [0.25, 0.3) is 11.8 Å². The van der Waals surface area contributed by atoms with E-state index in [1.807, 2.05) is 42.7 Å². The number of aryl methyl sites for hydroxylation is 2. The number of benzene rings is 1. The van der Waals surface area contributed by atoms with Crippen LogP contribution in [0.3, 0.4) is 0 Å². The van der Waals surface area contributed by atoms with E-state index in [-0.39, 0.29) is 30.7 Å². The topological polar surface area (TPSA) is 147 Å². The maximum atomic E-state index is 12.2. The van der Waals surface area contributed by atoms with Crippen LogP contribution in [0.15, 0.2) is 41.4 Å². The van der Waals surface area contributed by atoms with Crippen molar-refractivity contribution in [3.05, 3.63) is 75.2 Å². The first kappa shape index (κ1) is 30.6. The number of thiophene rings is 1. The average Bonchev–Trinajstić information content (AvgIpc) is 3.60. The molecule has 0 fully saturated rings. The fraction of sp³-hybridized carbons (Fsp3) is 0.344. The quantitative estimate of drug-likeness (QED) is 0.202. The molecule has 0 unspecified atom stereocenters. The standard InChI is InChI=1S/C32H32N6O5S/c1-19-20(2)44-32-29(19)30(34-24(18-28(42)43)31-36-35-21(3)38(31)32)23-12-10-22(11-13-23)8-7-16-33-25(39)9-5-4-6-17-37-26(40)14-15-27(37)41/h10-15,24H,4-6,9,16-18H2,1-3H3,(H,33,39)(H,42,43)/t24-/m0/s1. The highest BCUT2D eigenvalue weighted by molar-refractivity contribution is 7.15. The summed E-state index contributed by atoms with van der Waals surface area (Å²) in [6.45, 7) is 6.52. The van der Waals surface area contributed by atoms with Gasteiger partial charge < -0.3 is 10.4 Å². The van der Waals surface area contributed by atoms with E-state index in [1.54, 1.807) is 11.3 Å². The van der Waals surface area contributed by atoms with Gasteiger partial charge in [0.2, 0.25) is 5.91 Å². The van der Waals surface area contributed by atoms with Crippen LogP contribution in [0.5, 0.6) is 0 Å². The molecule has 2 N–H and O–H groups in total. The second-order valence-corrected chi connectivity index (χ2v) is 11.8. The maximum Gasteiger partial charge on any atom is 0.306 e. The van der Waals surface area contributed by atoms with Crippen LogP contribution in [0.4, 0.5) is 0 Å². The maximum absolute atomic E-state index is 12.2. The first-order chi connectivity index (χ1) is 21.1. The number of fused-ring (bicyclic) bond motifs is 3. The summed E-state index contributed by atoms with van der Waals surface area (Å²) in [5, 5.41) is 21.9. The molecule has 4 heterocycles. The predicted octanol–water partition coefficient (Wildman–Crippen LogP) is 3.57. The molecule has 1 aromatic carbocycles. The van der Waals surface area contributed by atoms with E-state index in [0.717, 1.165) is 38.6 Å². The Bertz CT molecular complexity index is 1740. The molecule has 1 atom stereocenters. The van der Waals surface area contributed by atoms with Crippen molar-refractivity contribution in [2.75, 3.05) is 13.1 Å². The molecule has 0 saturated carbocycles. The van der Waals surface area contributed by atoms with Crippen LogP contribution in [0.1, 0.15) is 76.9 Å². The number of aliphatic imine (C=N–C) groups is 1. The van der Waals surface area contributed by atoms with Crippen LogP contribution >= 0.6 is 11.3 Å². The fourth-order valence-electron chi connectivity index (χ4n) is 5.16. The zero-order valence-electron chi connectivity index (χ0n) is 24.7. The van der Waals surface area contributed by atoms with E-state index in [1.165, 1.54) is 17.1 Å². The SMILES string of the molecule is Cc1sc2c(c1C)C(c1ccc(C#CCNC(=O)CCCCCN3C(=O)C=CC3=O)cc1)=N[C@@H](CC(=O)O)c1nnc(C)n1-2. The summed E-state index contributed by atoms with van der Waals surface area (Å²) >= 11 is 1.61. The fourth-order valence-corrected chi connectivity index (χ4v) is 6.38. The molecule has 11 nitrogen and oxygen atoms in total. The number of imide groups is 1. The molecule has 12 heteroatoms. The van der Waals surface area contributed by atoms with Gasteiger partial charge in [-0.15, -0.1) is 21.5 Å². The molecule has 0 spiro atoms. The summed E-state index contributed by atoms with van der Waals surface area (Å²) in [7, 11) is 0. The first-order valence-electron chi connectivity index (χ1n) is 14.4. The van der Waals surface area contributed by atoms with E-state index in [2.05, 4.69) is 34.3 Å². The third-order valence-corrected chi connectivity index (χ3v) is 8.75. The van der Waals surface area contributed by atoms with Crippen molar-refractivity contribution in [1.29, 1.82) is 0 Å². The van der Waals surface area contributed by atoms with Crippen LogP contribution < -0.4 is 5.32 Å². The molecule has 0 radical (unpaired) electrons. The van der Waals surface area contributed by atoms with Crippen LogP contribution in [0, 0.1) is 32.6 Å². The molecule has 3 aromatic rings. The van der Waals surface area contributed by atoms with Gasteiger partial charge in [-0.1, -0.05) is 30.4 Å². The lowest BCUT2D eigenvalue weighted by Crippen LogP contribution is -2.30. The number of hydrogen-bond donors (Lipinski definition) is 2. The molecule has 2 aromatic heterocycles. The lowest BCUT2D eigenvalue weighted by Gasteiger charge is -2.12. The highest BCUT2D eigenvalue weighted by Crippen LogP contribution is 2.39. The van der Waals surface area contributed by atoms with Crippen molar-refractivity contribution >= 4 is 40.7 Å². The number of carbonyl (C=O) groups excluding carboxylic acids is 3. The van der Waals surface area contributed by atoms with E-state index in [9.17, 15) is 24.3 Å². The van der Waals surface area contributed by atoms with E-state index < -0.39 is 12.0 Å². The molecule has 3 amide bonds. The summed E-state index contributed by atoms with van der Waals surface area (Å²) in [4.78, 5) is 54.3. The van der Waals surface area contributed by atoms with Gasteiger partial charge in [-0.25, -0.2) is 0 Å². The van der Waals surface area contributed by atoms with Crippen LogP contribution in [0.25, 0.3) is 5.00 Å². The van der Waals surface area contributed by atoms with Crippen molar-refractivity contribution in [2.45, 2.75) is 58.9 Å². The van der Waals surface area contributed by atoms with Gasteiger partial charge in [0.15, 0.2) is 5.82 Å². The Morgan fingerprint density at radius 1 is 1.02 bits per heavy atom. The number of aliphatic carboxylic acids is 1. The molecule has 44 heavy (non-hydrogen) atoms. The number of nitrogens with one attached hydrogen (secondary N) is 1. The van der Waals surface area contributed by atoms with Crippen LogP contribution in [0.2, 0.25) is 0 Å². The van der Waals surface area contributed by atoms with Crippen molar-refractivity contribution in [3.63, 3.8) is 0 Å². The number of hydrogen-bond acceptors (Lipinski definition) is 8. The molecule has 0 saturated heterocycles. The Balaban J connectivity index is 1.20. The first-order valence-corrected chi connectivity index (χ1v) is 15.2. The van der Waals surface area contributed by atoms with Gasteiger partial charge in [-0.3, -0.25) is 33.6 Å². The number of nitrogens with zero attached hydrogens (tertiary/aromatic N) is 5. The van der Waals surface area contributed by atoms with Gasteiger partial charge in [-0.05, 0) is 51.3 Å². The largest absolute Gasteiger partial charge is 0.481 e. The van der Waals surface area contributed by atoms with Crippen molar-refractivity contribution in [1.82, 2.24) is 25.0 Å². The lowest BCUT2D eigenvalue weighted by atomic mass is 9.98. The molecular formula is C32H32N6O5S. The summed E-state index contributed by atoms with van der Waals surface area (Å²) in [6, 6.07) is 6.92. The minimum atomic E-state index is -0.966. The Morgan fingerprint density at radius 2 is 1.75 bits per heavy atom. The minimum Gasteiger partial charge on any atom is -0.481 e. The molecule has 226 valence electrons. The Morgan fingerprint density at radius 3 is 2.45 bits per heavy atom. The summed E-state index contributed by atoms with van der Waals surface area (Å²) in [5.41, 5.74) is 4.34. The normalized spacial score (nSPS) is 15.3. The second kappa shape index (κ2) is 13.2. The lowest BCUT2D eigenvalue weighted by molar-refractivity contribution is -0.138. The molecule has 0 bridgehead atoms. The van der Waals surface area contributed by atoms with Crippen LogP contribution in [-0.2, 0) is 19.2 Å². The highest BCUT2D eigenvalue weighted by atomic mass is 32.1. The number of rotatable bonds is 10. The number of unbranched alkanes of at least 4 members (excludes halogenated alkanes) is 2. The van der Waals surface area contributed by atoms with Crippen molar-refractivity contribution in [3.8, 4) is 16.8 Å². The van der Waals surface area contributed by atoms with Crippen molar-refractivity contribution in [2.24, 2.45) is 4.99 Å². The average molecular weight is 613 g/mol. The number of amides is 3. The highest BCUT2D eigenvalue weighted by Gasteiger charge is 2.32. The van der Waals surface area contributed by atoms with Gasteiger partial charge >= 0.3 is 5.97 Å². The Kier molecular flexibility index (Phi) is 9.15. The number of carbonyl (C=O) groups is 4. The minimum absolute atomic E-state index is 0.102. The zero-order chi connectivity index (χ0) is 31.4. The van der Waals surface area contributed by atoms with E-state index in [4.69, 9.17) is 4.99 Å². The van der Waals surface area contributed by atoms with Gasteiger partial charge in [0.05, 0.1) is 18.7 Å². The molecule has 5 rings (SSSR count). The summed E-state index contributed by atoms with van der Waals surface area (Å²) in [6.07, 6.45) is 4.73. The molecule has 0 aliphatic carbocycles. The van der Waals surface area contributed by atoms with Gasteiger partial charge in [0, 0.05) is 46.7 Å². The van der Waals surface area contributed by atoms with Gasteiger partial charge in [-0.2, -0.15) is 0 Å². The molecule has 2 aliphatic heterocycles. The molecule has 2 aliphatic rings. The van der Waals surface area contributed by atoms with Crippen LogP contribution in [-0.4, -0.2) is 67.3 Å². The van der Waals surface area contributed by atoms with E-state index >= 15 is 0 Å². The number of aromatic nitrogens is 3. The van der Waals surface area contributed by atoms with E-state index in [0.29, 0.717) is 43.2 Å². The third-order valence-electron chi connectivity index (χ3n) is 7.56. The number of carboxylic acids is 1. The monoisotopic (exact) mass is 612 g/mol. The van der Waals surface area contributed by atoms with Gasteiger partial charge in [0.1, 0.15) is 16.9 Å². The Labute approximate surface area is 258 Å². The summed E-state index contributed by atoms with van der Waals surface area (Å²) < 4.78 is 1.93. The smallest absolute Gasteiger partial charge is 0.306 e. The Hall–Kier alpha value is -4.89. The summed E-state index contributed by atoms with van der Waals surface area (Å²) in [5.74, 6) is 5.60.